The largest absolute Gasteiger partial charge is 0.489 e. The van der Waals surface area contributed by atoms with Gasteiger partial charge in [0.05, 0.1) is 9.99 Å². The summed E-state index contributed by atoms with van der Waals surface area (Å²) in [6.45, 7) is 0.907. The number of rotatable bonds is 4. The van der Waals surface area contributed by atoms with Crippen molar-refractivity contribution in [2.24, 2.45) is 0 Å². The number of aromatic nitrogens is 2. The van der Waals surface area contributed by atoms with Gasteiger partial charge >= 0.3 is 6.09 Å². The van der Waals surface area contributed by atoms with E-state index >= 15 is 0 Å². The molecule has 0 spiro atoms. The Morgan fingerprint density at radius 1 is 1.28 bits per heavy atom. The number of halogens is 2. The summed E-state index contributed by atoms with van der Waals surface area (Å²) >= 11 is 3.52. The van der Waals surface area contributed by atoms with Crippen LogP contribution in [-0.2, 0) is 0 Å². The predicted octanol–water partition coefficient (Wildman–Crippen LogP) is 4.80. The second-order valence-electron chi connectivity index (χ2n) is 6.76. The normalized spacial score (nSPS) is 14.8. The van der Waals surface area contributed by atoms with E-state index in [1.807, 2.05) is 12.1 Å². The fourth-order valence-electron chi connectivity index (χ4n) is 3.22. The van der Waals surface area contributed by atoms with Gasteiger partial charge in [-0.3, -0.25) is 0 Å². The zero-order valence-corrected chi connectivity index (χ0v) is 16.9. The Morgan fingerprint density at radius 2 is 2.07 bits per heavy atom. The van der Waals surface area contributed by atoms with Gasteiger partial charge in [-0.15, -0.1) is 0 Å². The number of carboxylic acid groups (broad SMARTS) is 1. The van der Waals surface area contributed by atoms with Gasteiger partial charge in [-0.1, -0.05) is 6.07 Å². The van der Waals surface area contributed by atoms with Crippen LogP contribution in [0.2, 0.25) is 0 Å². The number of anilines is 2. The van der Waals surface area contributed by atoms with Crippen molar-refractivity contribution < 1.29 is 19.0 Å². The maximum Gasteiger partial charge on any atom is 0.407 e. The Balaban J connectivity index is 1.52. The van der Waals surface area contributed by atoms with Gasteiger partial charge in [0.1, 0.15) is 17.7 Å². The van der Waals surface area contributed by atoms with Crippen LogP contribution in [-0.4, -0.2) is 45.3 Å². The molecular weight excluding hydrogens is 443 g/mol. The summed E-state index contributed by atoms with van der Waals surface area (Å²) in [6.07, 6.45) is 1.99. The highest BCUT2D eigenvalue weighted by Crippen LogP contribution is 2.32. The molecule has 1 aliphatic heterocycles. The third kappa shape index (κ3) is 4.56. The van der Waals surface area contributed by atoms with Gasteiger partial charge in [-0.25, -0.2) is 19.2 Å². The van der Waals surface area contributed by atoms with Crippen LogP contribution >= 0.6 is 15.9 Å². The number of carbonyl (C=O) groups is 1. The van der Waals surface area contributed by atoms with Crippen molar-refractivity contribution in [1.82, 2.24) is 14.9 Å². The molecule has 29 heavy (non-hydrogen) atoms. The van der Waals surface area contributed by atoms with Gasteiger partial charge in [-0.05, 0) is 40.2 Å². The topological polar surface area (TPSA) is 87.6 Å². The van der Waals surface area contributed by atoms with E-state index in [0.717, 1.165) is 9.86 Å². The van der Waals surface area contributed by atoms with Crippen LogP contribution in [0.4, 0.5) is 20.8 Å². The van der Waals surface area contributed by atoms with Crippen molar-refractivity contribution in [3.63, 3.8) is 0 Å². The fourth-order valence-corrected chi connectivity index (χ4v) is 3.68. The van der Waals surface area contributed by atoms with Crippen LogP contribution in [0.15, 0.2) is 47.1 Å². The van der Waals surface area contributed by atoms with Crippen molar-refractivity contribution in [1.29, 1.82) is 0 Å². The number of fused-ring (bicyclic) bond motifs is 1. The van der Waals surface area contributed by atoms with Crippen LogP contribution in [0.25, 0.3) is 10.9 Å². The predicted molar refractivity (Wildman–Crippen MR) is 110 cm³/mol. The lowest BCUT2D eigenvalue weighted by molar-refractivity contribution is 0.0891. The van der Waals surface area contributed by atoms with Gasteiger partial charge < -0.3 is 20.1 Å². The first-order chi connectivity index (χ1) is 14.0. The quantitative estimate of drug-likeness (QED) is 0.581. The standard InChI is InChI=1S/C20H18BrFN4O3/c21-16-8-12-11-23-19(24-14-3-1-2-13(22)9-14)25-17(12)10-18(16)29-15-4-6-26(7-5-15)20(27)28/h1-3,8-11,15H,4-7H2,(H,27,28)(H,23,24,25). The molecule has 0 radical (unpaired) electrons. The van der Waals surface area contributed by atoms with Gasteiger partial charge in [-0.2, -0.15) is 0 Å². The van der Waals surface area contributed by atoms with Crippen LogP contribution in [0, 0.1) is 5.82 Å². The molecule has 2 N–H and O–H groups in total. The Kier molecular flexibility index (Phi) is 5.48. The first-order valence-electron chi connectivity index (χ1n) is 9.11. The smallest absolute Gasteiger partial charge is 0.407 e. The van der Waals surface area contributed by atoms with E-state index < -0.39 is 6.09 Å². The number of amides is 1. The van der Waals surface area contributed by atoms with Gasteiger partial charge in [0.25, 0.3) is 0 Å². The van der Waals surface area contributed by atoms with Gasteiger partial charge in [0.15, 0.2) is 0 Å². The highest BCUT2D eigenvalue weighted by Gasteiger charge is 2.24. The second-order valence-corrected chi connectivity index (χ2v) is 7.61. The minimum atomic E-state index is -0.898. The summed E-state index contributed by atoms with van der Waals surface area (Å²) in [5, 5.41) is 12.9. The SMILES string of the molecule is O=C(O)N1CCC(Oc2cc3nc(Nc4cccc(F)c4)ncc3cc2Br)CC1. The van der Waals surface area contributed by atoms with Crippen LogP contribution < -0.4 is 10.1 Å². The van der Waals surface area contributed by atoms with E-state index in [1.54, 1.807) is 18.3 Å². The highest BCUT2D eigenvalue weighted by molar-refractivity contribution is 9.10. The van der Waals surface area contributed by atoms with Gasteiger partial charge in [0, 0.05) is 49.3 Å². The molecule has 9 heteroatoms. The third-order valence-electron chi connectivity index (χ3n) is 4.72. The lowest BCUT2D eigenvalue weighted by Gasteiger charge is -2.30. The van der Waals surface area contributed by atoms with Crippen molar-refractivity contribution in [2.75, 3.05) is 18.4 Å². The first-order valence-corrected chi connectivity index (χ1v) is 9.90. The number of nitrogens with one attached hydrogen (secondary N) is 1. The zero-order chi connectivity index (χ0) is 20.4. The number of nitrogens with zero attached hydrogens (tertiary/aromatic N) is 3. The van der Waals surface area contributed by atoms with E-state index in [4.69, 9.17) is 9.84 Å². The molecule has 4 rings (SSSR count). The Hall–Kier alpha value is -2.94. The first kappa shape index (κ1) is 19.4. The minimum absolute atomic E-state index is 0.0638. The summed E-state index contributed by atoms with van der Waals surface area (Å²) in [5.41, 5.74) is 1.24. The minimum Gasteiger partial charge on any atom is -0.489 e. The molecule has 0 saturated carbocycles. The number of benzene rings is 2. The van der Waals surface area contributed by atoms with E-state index in [2.05, 4.69) is 31.2 Å². The molecule has 1 aromatic heterocycles. The van der Waals surface area contributed by atoms with Crippen molar-refractivity contribution in [3.05, 3.63) is 52.9 Å². The number of likely N-dealkylation sites (tertiary alicyclic amines) is 1. The monoisotopic (exact) mass is 460 g/mol. The lowest BCUT2D eigenvalue weighted by atomic mass is 10.1. The maximum atomic E-state index is 13.4. The summed E-state index contributed by atoms with van der Waals surface area (Å²) in [5.74, 6) is 0.650. The summed E-state index contributed by atoms with van der Waals surface area (Å²) in [6, 6.07) is 9.78. The number of hydrogen-bond donors (Lipinski definition) is 2. The van der Waals surface area contributed by atoms with E-state index in [0.29, 0.717) is 48.8 Å². The highest BCUT2D eigenvalue weighted by atomic mass is 79.9. The summed E-state index contributed by atoms with van der Waals surface area (Å²) in [7, 11) is 0. The van der Waals surface area contributed by atoms with E-state index in [-0.39, 0.29) is 11.9 Å². The van der Waals surface area contributed by atoms with Crippen molar-refractivity contribution >= 4 is 44.6 Å². The van der Waals surface area contributed by atoms with Crippen molar-refractivity contribution in [2.45, 2.75) is 18.9 Å². The zero-order valence-electron chi connectivity index (χ0n) is 15.3. The van der Waals surface area contributed by atoms with E-state index in [9.17, 15) is 9.18 Å². The Morgan fingerprint density at radius 3 is 2.79 bits per heavy atom. The molecule has 1 fully saturated rings. The van der Waals surface area contributed by atoms with Crippen LogP contribution in [0.1, 0.15) is 12.8 Å². The fraction of sp³-hybridized carbons (Fsp3) is 0.250. The molecule has 2 aromatic carbocycles. The van der Waals surface area contributed by atoms with Crippen LogP contribution in [0.3, 0.4) is 0 Å². The average Bonchev–Trinajstić information content (AvgIpc) is 2.69. The second kappa shape index (κ2) is 8.20. The molecule has 0 bridgehead atoms. The molecular formula is C20H18BrFN4O3. The van der Waals surface area contributed by atoms with Crippen molar-refractivity contribution in [3.8, 4) is 5.75 Å². The molecule has 2 heterocycles. The number of piperidine rings is 1. The number of ether oxygens (including phenoxy) is 1. The lowest BCUT2D eigenvalue weighted by Crippen LogP contribution is -2.41. The molecule has 0 unspecified atom stereocenters. The molecule has 1 aliphatic rings. The van der Waals surface area contributed by atoms with Gasteiger partial charge in [0.2, 0.25) is 5.95 Å². The molecule has 1 saturated heterocycles. The summed E-state index contributed by atoms with van der Waals surface area (Å²) in [4.78, 5) is 21.2. The Labute approximate surface area is 174 Å². The molecule has 0 aliphatic carbocycles. The van der Waals surface area contributed by atoms with E-state index in [1.165, 1.54) is 17.0 Å². The summed E-state index contributed by atoms with van der Waals surface area (Å²) < 4.78 is 20.3. The molecule has 7 nitrogen and oxygen atoms in total. The van der Waals surface area contributed by atoms with Crippen LogP contribution in [0.5, 0.6) is 5.75 Å². The molecule has 3 aromatic rings. The Bertz CT molecular complexity index is 1060. The molecule has 0 atom stereocenters. The third-order valence-corrected chi connectivity index (χ3v) is 5.34. The molecule has 1 amide bonds. The molecule has 150 valence electrons. The average molecular weight is 461 g/mol. The maximum absolute atomic E-state index is 13.4. The number of hydrogen-bond acceptors (Lipinski definition) is 5.